The van der Waals surface area contributed by atoms with E-state index in [1.165, 1.54) is 5.56 Å². The number of carbonyl (C=O) groups excluding carboxylic acids is 2. The van der Waals surface area contributed by atoms with Crippen LogP contribution in [0.2, 0.25) is 0 Å². The van der Waals surface area contributed by atoms with Gasteiger partial charge in [0, 0.05) is 36.2 Å². The van der Waals surface area contributed by atoms with E-state index in [0.717, 1.165) is 18.5 Å². The van der Waals surface area contributed by atoms with Gasteiger partial charge in [0.15, 0.2) is 5.69 Å². The number of aromatic nitrogens is 2. The van der Waals surface area contributed by atoms with Crippen molar-refractivity contribution in [1.29, 1.82) is 5.26 Å². The molecule has 8 nitrogen and oxygen atoms in total. The molecule has 0 spiro atoms. The lowest BCUT2D eigenvalue weighted by molar-refractivity contribution is -0.120. The molecule has 0 atom stereocenters. The topological polar surface area (TPSA) is 100 Å². The fourth-order valence-electron chi connectivity index (χ4n) is 4.71. The zero-order chi connectivity index (χ0) is 24.6. The summed E-state index contributed by atoms with van der Waals surface area (Å²) in [6.45, 7) is 2.97. The highest BCUT2D eigenvalue weighted by atomic mass is 16.5. The molecule has 1 N–H and O–H groups in total. The lowest BCUT2D eigenvalue weighted by atomic mass is 9.95. The summed E-state index contributed by atoms with van der Waals surface area (Å²) in [6.07, 6.45) is 3.12. The van der Waals surface area contributed by atoms with Crippen LogP contribution in [0.3, 0.4) is 0 Å². The number of nitrogens with zero attached hydrogens (tertiary/aromatic N) is 4. The summed E-state index contributed by atoms with van der Waals surface area (Å²) < 4.78 is 6.79. The Bertz CT molecular complexity index is 1310. The predicted octanol–water partition coefficient (Wildman–Crippen LogP) is 3.51. The number of nitriles is 1. The molecule has 0 radical (unpaired) electrons. The summed E-state index contributed by atoms with van der Waals surface area (Å²) in [5.74, 6) is 0.582. The van der Waals surface area contributed by atoms with Gasteiger partial charge in [-0.1, -0.05) is 19.1 Å². The molecular formula is C27H27N5O3. The molecule has 178 valence electrons. The molecule has 0 bridgehead atoms. The van der Waals surface area contributed by atoms with Crippen LogP contribution in [0.5, 0.6) is 5.75 Å². The second kappa shape index (κ2) is 8.91. The van der Waals surface area contributed by atoms with Crippen molar-refractivity contribution in [1.82, 2.24) is 15.1 Å². The van der Waals surface area contributed by atoms with E-state index in [-0.39, 0.29) is 22.9 Å². The first-order valence-corrected chi connectivity index (χ1v) is 11.8. The lowest BCUT2D eigenvalue weighted by Gasteiger charge is -2.28. The van der Waals surface area contributed by atoms with E-state index < -0.39 is 0 Å². The molecule has 2 aromatic carbocycles. The normalized spacial score (nSPS) is 15.8. The first-order chi connectivity index (χ1) is 17.0. The van der Waals surface area contributed by atoms with Gasteiger partial charge >= 0.3 is 0 Å². The zero-order valence-corrected chi connectivity index (χ0v) is 19.9. The van der Waals surface area contributed by atoms with E-state index in [1.807, 2.05) is 31.2 Å². The number of fused-ring (bicyclic) bond motifs is 1. The Hall–Kier alpha value is -4.12. The van der Waals surface area contributed by atoms with Crippen LogP contribution in [0, 0.1) is 11.3 Å². The third-order valence-corrected chi connectivity index (χ3v) is 7.03. The summed E-state index contributed by atoms with van der Waals surface area (Å²) in [6, 6.07) is 17.4. The molecule has 2 aliphatic rings. The molecule has 0 saturated heterocycles. The average molecular weight is 470 g/mol. The van der Waals surface area contributed by atoms with Gasteiger partial charge in [-0.15, -0.1) is 0 Å². The fraction of sp³-hybridized carbons (Fsp3) is 0.333. The number of hydrogen-bond donors (Lipinski definition) is 1. The molecule has 1 aliphatic carbocycles. The number of carbonyl (C=O) groups is 2. The first kappa shape index (κ1) is 22.7. The van der Waals surface area contributed by atoms with Crippen LogP contribution in [-0.2, 0) is 16.6 Å². The van der Waals surface area contributed by atoms with Crippen LogP contribution in [0.15, 0.2) is 48.5 Å². The minimum Gasteiger partial charge on any atom is -0.497 e. The Labute approximate surface area is 204 Å². The fourth-order valence-corrected chi connectivity index (χ4v) is 4.71. The Morgan fingerprint density at radius 2 is 1.83 bits per heavy atom. The van der Waals surface area contributed by atoms with Crippen molar-refractivity contribution in [3.63, 3.8) is 0 Å². The largest absolute Gasteiger partial charge is 0.497 e. The Morgan fingerprint density at radius 1 is 1.14 bits per heavy atom. The average Bonchev–Trinajstić information content (AvgIpc) is 3.60. The van der Waals surface area contributed by atoms with E-state index >= 15 is 0 Å². The quantitative estimate of drug-likeness (QED) is 0.571. The van der Waals surface area contributed by atoms with Crippen molar-refractivity contribution in [2.75, 3.05) is 25.1 Å². The van der Waals surface area contributed by atoms with Crippen molar-refractivity contribution in [2.24, 2.45) is 0 Å². The molecule has 1 aliphatic heterocycles. The van der Waals surface area contributed by atoms with Gasteiger partial charge in [0.25, 0.3) is 5.91 Å². The van der Waals surface area contributed by atoms with Crippen LogP contribution >= 0.6 is 0 Å². The molecular weight excluding hydrogens is 442 g/mol. The highest BCUT2D eigenvalue weighted by Gasteiger charge is 2.44. The van der Waals surface area contributed by atoms with Gasteiger partial charge in [-0.25, -0.2) is 4.68 Å². The van der Waals surface area contributed by atoms with Crippen molar-refractivity contribution in [2.45, 2.75) is 38.0 Å². The number of nitrogens with one attached hydrogen (secondary N) is 1. The summed E-state index contributed by atoms with van der Waals surface area (Å²) >= 11 is 0. The van der Waals surface area contributed by atoms with Crippen LogP contribution in [0.4, 0.5) is 5.69 Å². The monoisotopic (exact) mass is 469 g/mol. The molecule has 8 heteroatoms. The number of ether oxygens (including phenoxy) is 1. The molecule has 1 saturated carbocycles. The standard InChI is InChI=1S/C27H27N5O3/c1-3-24(33)29-17-27(13-14-27)18-4-6-19(7-5-18)31-15-12-22-23(16-28)30-32(25(22)26(31)34)20-8-10-21(35-2)11-9-20/h4-11H,3,12-15,17H2,1-2H3,(H,29,33). The third-order valence-electron chi connectivity index (χ3n) is 7.03. The number of benzene rings is 2. The van der Waals surface area contributed by atoms with Crippen LogP contribution in [0.25, 0.3) is 5.69 Å². The summed E-state index contributed by atoms with van der Waals surface area (Å²) in [5.41, 5.74) is 4.06. The summed E-state index contributed by atoms with van der Waals surface area (Å²) in [7, 11) is 1.59. The second-order valence-electron chi connectivity index (χ2n) is 9.06. The van der Waals surface area contributed by atoms with Gasteiger partial charge in [-0.05, 0) is 61.2 Å². The van der Waals surface area contributed by atoms with Gasteiger partial charge in [-0.2, -0.15) is 10.4 Å². The molecule has 1 fully saturated rings. The van der Waals surface area contributed by atoms with Gasteiger partial charge in [0.1, 0.15) is 17.5 Å². The number of amides is 2. The maximum absolute atomic E-state index is 13.7. The molecule has 2 heterocycles. The third kappa shape index (κ3) is 4.03. The first-order valence-electron chi connectivity index (χ1n) is 11.8. The Balaban J connectivity index is 1.42. The van der Waals surface area contributed by atoms with Crippen LogP contribution in [0.1, 0.15) is 53.5 Å². The SMILES string of the molecule is CCC(=O)NCC1(c2ccc(N3CCc4c(C#N)nn(-c5ccc(OC)cc5)c4C3=O)cc2)CC1. The Morgan fingerprint density at radius 3 is 2.43 bits per heavy atom. The maximum Gasteiger partial charge on any atom is 0.277 e. The van der Waals surface area contributed by atoms with Gasteiger partial charge < -0.3 is 15.0 Å². The number of methoxy groups -OCH3 is 1. The Kier molecular flexibility index (Phi) is 5.77. The summed E-state index contributed by atoms with van der Waals surface area (Å²) in [4.78, 5) is 27.1. The van der Waals surface area contributed by atoms with E-state index in [9.17, 15) is 14.9 Å². The van der Waals surface area contributed by atoms with E-state index in [0.29, 0.717) is 48.6 Å². The van der Waals surface area contributed by atoms with E-state index in [4.69, 9.17) is 4.74 Å². The molecule has 5 rings (SSSR count). The molecule has 2 amide bonds. The van der Waals surface area contributed by atoms with Crippen molar-refractivity contribution < 1.29 is 14.3 Å². The van der Waals surface area contributed by atoms with Gasteiger partial charge in [-0.3, -0.25) is 9.59 Å². The van der Waals surface area contributed by atoms with Crippen LogP contribution < -0.4 is 15.0 Å². The molecule has 35 heavy (non-hydrogen) atoms. The summed E-state index contributed by atoms with van der Waals surface area (Å²) in [5, 5.41) is 17.1. The lowest BCUT2D eigenvalue weighted by Crippen LogP contribution is -2.39. The van der Waals surface area contributed by atoms with Crippen LogP contribution in [-0.4, -0.2) is 41.8 Å². The highest BCUT2D eigenvalue weighted by molar-refractivity contribution is 6.07. The zero-order valence-electron chi connectivity index (χ0n) is 19.9. The maximum atomic E-state index is 13.7. The smallest absolute Gasteiger partial charge is 0.277 e. The minimum absolute atomic E-state index is 0.00286. The van der Waals surface area contributed by atoms with Gasteiger partial charge in [0.2, 0.25) is 5.91 Å². The second-order valence-corrected chi connectivity index (χ2v) is 9.06. The molecule has 3 aromatic rings. The molecule has 0 unspecified atom stereocenters. The van der Waals surface area contributed by atoms with Crippen molar-refractivity contribution in [3.05, 3.63) is 71.0 Å². The number of hydrogen-bond acceptors (Lipinski definition) is 5. The highest BCUT2D eigenvalue weighted by Crippen LogP contribution is 2.48. The van der Waals surface area contributed by atoms with Crippen molar-refractivity contribution >= 4 is 17.5 Å². The van der Waals surface area contributed by atoms with Crippen molar-refractivity contribution in [3.8, 4) is 17.5 Å². The minimum atomic E-state index is -0.180. The van der Waals surface area contributed by atoms with E-state index in [1.54, 1.807) is 28.8 Å². The van der Waals surface area contributed by atoms with Gasteiger partial charge in [0.05, 0.1) is 12.8 Å². The predicted molar refractivity (Wildman–Crippen MR) is 131 cm³/mol. The number of rotatable bonds is 7. The van der Waals surface area contributed by atoms with E-state index in [2.05, 4.69) is 28.6 Å². The molecule has 1 aromatic heterocycles. The number of anilines is 1.